The van der Waals surface area contributed by atoms with Crippen LogP contribution in [-0.2, 0) is 0 Å². The van der Waals surface area contributed by atoms with Gasteiger partial charge in [0.15, 0.2) is 3.92 Å². The van der Waals surface area contributed by atoms with Gasteiger partial charge in [0.05, 0.1) is 11.9 Å². The Morgan fingerprint density at radius 2 is 2.41 bits per heavy atom. The van der Waals surface area contributed by atoms with E-state index in [-0.39, 0.29) is 0 Å². The van der Waals surface area contributed by atoms with E-state index in [2.05, 4.69) is 32.5 Å². The lowest BCUT2D eigenvalue weighted by atomic mass is 9.89. The third kappa shape index (κ3) is 1.73. The quantitative estimate of drug-likeness (QED) is 0.880. The van der Waals surface area contributed by atoms with E-state index in [4.69, 9.17) is 4.98 Å². The first-order valence-corrected chi connectivity index (χ1v) is 7.62. The first kappa shape index (κ1) is 10.5. The molecule has 0 aromatic carbocycles. The van der Waals surface area contributed by atoms with Crippen LogP contribution in [0.5, 0.6) is 0 Å². The van der Waals surface area contributed by atoms with E-state index in [0.717, 1.165) is 15.4 Å². The van der Waals surface area contributed by atoms with Crippen LogP contribution in [0.15, 0.2) is 10.1 Å². The topological polar surface area (TPSA) is 42.2 Å². The van der Waals surface area contributed by atoms with Crippen molar-refractivity contribution in [2.24, 2.45) is 0 Å². The van der Waals surface area contributed by atoms with Crippen LogP contribution in [0.1, 0.15) is 37.3 Å². The zero-order valence-corrected chi connectivity index (χ0v) is 11.7. The van der Waals surface area contributed by atoms with Crippen molar-refractivity contribution in [2.45, 2.75) is 37.1 Å². The first-order valence-electron chi connectivity index (χ1n) is 6.01. The molecule has 0 bridgehead atoms. The van der Waals surface area contributed by atoms with E-state index < -0.39 is 0 Å². The number of nitrogens with one attached hydrogen (secondary N) is 1. The number of nitrogens with zero attached hydrogens (tertiary/aromatic N) is 3. The van der Waals surface area contributed by atoms with Gasteiger partial charge in [-0.25, -0.2) is 9.50 Å². The Morgan fingerprint density at radius 1 is 1.53 bits per heavy atom. The Hall–Kier alpha value is -0.460. The van der Waals surface area contributed by atoms with Gasteiger partial charge in [-0.1, -0.05) is 11.3 Å². The highest BCUT2D eigenvalue weighted by atomic mass is 79.9. The van der Waals surface area contributed by atoms with Crippen molar-refractivity contribution in [2.75, 3.05) is 6.54 Å². The Bertz CT molecular complexity index is 540. The van der Waals surface area contributed by atoms with E-state index in [1.165, 1.54) is 31.4 Å². The summed E-state index contributed by atoms with van der Waals surface area (Å²) in [5, 5.41) is 8.01. The highest BCUT2D eigenvalue weighted by molar-refractivity contribution is 9.11. The van der Waals surface area contributed by atoms with Crippen molar-refractivity contribution in [1.82, 2.24) is 19.9 Å². The van der Waals surface area contributed by atoms with Crippen molar-refractivity contribution in [3.05, 3.63) is 15.8 Å². The lowest BCUT2D eigenvalue weighted by Gasteiger charge is -2.29. The molecule has 4 nitrogen and oxygen atoms in total. The summed E-state index contributed by atoms with van der Waals surface area (Å²) in [4.78, 5) is 5.71. The number of rotatable bonds is 1. The molecule has 2 aromatic heterocycles. The normalized spacial score (nSPS) is 26.8. The number of piperidine rings is 1. The maximum atomic E-state index is 4.71. The summed E-state index contributed by atoms with van der Waals surface area (Å²) in [6, 6.07) is 0. The molecule has 2 aliphatic rings. The molecule has 6 heteroatoms. The largest absolute Gasteiger partial charge is 0.311 e. The number of hydrogen-bond donors (Lipinski definition) is 1. The molecule has 3 heterocycles. The van der Waals surface area contributed by atoms with Crippen LogP contribution in [0.2, 0.25) is 0 Å². The Morgan fingerprint density at radius 3 is 3.18 bits per heavy atom. The Labute approximate surface area is 112 Å². The van der Waals surface area contributed by atoms with Crippen molar-refractivity contribution in [3.63, 3.8) is 0 Å². The van der Waals surface area contributed by atoms with Crippen LogP contribution in [0.3, 0.4) is 0 Å². The molecule has 90 valence electrons. The van der Waals surface area contributed by atoms with Gasteiger partial charge in [-0.15, -0.1) is 5.10 Å². The Balaban J connectivity index is 1.66. The van der Waals surface area contributed by atoms with Crippen molar-refractivity contribution in [3.8, 4) is 0 Å². The molecule has 4 rings (SSSR count). The molecule has 1 N–H and O–H groups in total. The molecule has 1 atom stereocenters. The monoisotopic (exact) mass is 312 g/mol. The summed E-state index contributed by atoms with van der Waals surface area (Å²) < 4.78 is 2.79. The third-order valence-electron chi connectivity index (χ3n) is 3.94. The standard InChI is InChI=1S/C11H13BrN4S/c12-9-15-16-6-8(14-10(16)17-9)7-1-4-13-11(5-7)2-3-11/h6-7,13H,1-5H2. The van der Waals surface area contributed by atoms with Gasteiger partial charge in [0.2, 0.25) is 4.96 Å². The summed E-state index contributed by atoms with van der Waals surface area (Å²) >= 11 is 4.98. The third-order valence-corrected chi connectivity index (χ3v) is 5.29. The number of halogens is 1. The van der Waals surface area contributed by atoms with E-state index in [0.29, 0.717) is 11.5 Å². The van der Waals surface area contributed by atoms with Gasteiger partial charge < -0.3 is 5.32 Å². The zero-order chi connectivity index (χ0) is 11.5. The summed E-state index contributed by atoms with van der Waals surface area (Å²) in [6.07, 6.45) is 7.24. The fraction of sp³-hybridized carbons (Fsp3) is 0.636. The van der Waals surface area contributed by atoms with Gasteiger partial charge in [-0.2, -0.15) is 0 Å². The minimum absolute atomic E-state index is 0.466. The fourth-order valence-electron chi connectivity index (χ4n) is 2.83. The molecule has 1 aliphatic heterocycles. The van der Waals surface area contributed by atoms with Crippen LogP contribution < -0.4 is 5.32 Å². The molecule has 1 saturated carbocycles. The van der Waals surface area contributed by atoms with Gasteiger partial charge in [0.25, 0.3) is 0 Å². The SMILES string of the molecule is Brc1nn2cc(C3CCNC4(CC4)C3)nc2s1. The second-order valence-corrected chi connectivity index (χ2v) is 7.38. The van der Waals surface area contributed by atoms with Crippen molar-refractivity contribution in [1.29, 1.82) is 0 Å². The lowest BCUT2D eigenvalue weighted by Crippen LogP contribution is -2.39. The molecular weight excluding hydrogens is 300 g/mol. The zero-order valence-electron chi connectivity index (χ0n) is 9.32. The van der Waals surface area contributed by atoms with Crippen molar-refractivity contribution >= 4 is 32.2 Å². The number of fused-ring (bicyclic) bond motifs is 1. The second-order valence-electron chi connectivity index (χ2n) is 5.14. The summed E-state index contributed by atoms with van der Waals surface area (Å²) in [6.45, 7) is 1.13. The van der Waals surface area contributed by atoms with Gasteiger partial charge in [-0.05, 0) is 48.2 Å². The summed E-state index contributed by atoms with van der Waals surface area (Å²) in [5.41, 5.74) is 1.69. The van der Waals surface area contributed by atoms with Crippen LogP contribution in [0.4, 0.5) is 0 Å². The molecule has 1 spiro atoms. The van der Waals surface area contributed by atoms with E-state index in [9.17, 15) is 0 Å². The van der Waals surface area contributed by atoms with E-state index in [1.807, 2.05) is 4.52 Å². The van der Waals surface area contributed by atoms with Crippen molar-refractivity contribution < 1.29 is 0 Å². The maximum absolute atomic E-state index is 4.71. The molecule has 2 fully saturated rings. The van der Waals surface area contributed by atoms with Crippen LogP contribution in [-0.4, -0.2) is 26.7 Å². The van der Waals surface area contributed by atoms with Gasteiger partial charge in [-0.3, -0.25) is 0 Å². The number of aromatic nitrogens is 3. The van der Waals surface area contributed by atoms with Crippen LogP contribution in [0.25, 0.3) is 4.96 Å². The van der Waals surface area contributed by atoms with E-state index in [1.54, 1.807) is 11.3 Å². The summed E-state index contributed by atoms with van der Waals surface area (Å²) in [7, 11) is 0. The maximum Gasteiger partial charge on any atom is 0.213 e. The molecule has 1 unspecified atom stereocenters. The molecule has 0 radical (unpaired) electrons. The van der Waals surface area contributed by atoms with Crippen LogP contribution in [0, 0.1) is 0 Å². The first-order chi connectivity index (χ1) is 8.24. The number of imidazole rings is 1. The molecule has 1 saturated heterocycles. The molecule has 17 heavy (non-hydrogen) atoms. The van der Waals surface area contributed by atoms with Gasteiger partial charge >= 0.3 is 0 Å². The Kier molecular flexibility index (Phi) is 2.17. The molecule has 2 aromatic rings. The van der Waals surface area contributed by atoms with Crippen LogP contribution >= 0.6 is 27.3 Å². The minimum atomic E-state index is 0.466. The molecule has 0 amide bonds. The van der Waals surface area contributed by atoms with Gasteiger partial charge in [0, 0.05) is 11.5 Å². The predicted octanol–water partition coefficient (Wildman–Crippen LogP) is 2.55. The smallest absolute Gasteiger partial charge is 0.213 e. The fourth-order valence-corrected chi connectivity index (χ4v) is 4.05. The minimum Gasteiger partial charge on any atom is -0.311 e. The highest BCUT2D eigenvalue weighted by Crippen LogP contribution is 2.46. The predicted molar refractivity (Wildman–Crippen MR) is 70.5 cm³/mol. The molecular formula is C11H13BrN4S. The average Bonchev–Trinajstić information content (AvgIpc) is 2.78. The molecule has 1 aliphatic carbocycles. The van der Waals surface area contributed by atoms with E-state index >= 15 is 0 Å². The highest BCUT2D eigenvalue weighted by Gasteiger charge is 2.46. The average molecular weight is 313 g/mol. The second kappa shape index (κ2) is 3.52. The summed E-state index contributed by atoms with van der Waals surface area (Å²) in [5.74, 6) is 0.617. The van der Waals surface area contributed by atoms with Gasteiger partial charge in [0.1, 0.15) is 0 Å². The lowest BCUT2D eigenvalue weighted by molar-refractivity contribution is 0.342. The number of hydrogen-bond acceptors (Lipinski definition) is 4.